The average Bonchev–Trinajstić information content (AvgIpc) is 1.94. The summed E-state index contributed by atoms with van der Waals surface area (Å²) < 4.78 is 55.6. The normalized spacial score (nSPS) is 18.1. The van der Waals surface area contributed by atoms with Gasteiger partial charge in [-0.1, -0.05) is 98.0 Å². The lowest BCUT2D eigenvalue weighted by Crippen LogP contribution is -2.48. The number of likely N-dealkylation sites (N-methyl/N-ethyl adjacent to an activating group) is 1. The zero-order valence-electron chi connectivity index (χ0n) is 47.4. The fourth-order valence-electron chi connectivity index (χ4n) is 11.5. The first-order chi connectivity index (χ1) is 40.0. The molecule has 7 aromatic rings. The maximum atomic E-state index is 17.1. The molecule has 2 aliphatic rings. The number of methoxy groups -OCH3 is 1. The summed E-state index contributed by atoms with van der Waals surface area (Å²) in [6, 6.07) is 23.2. The van der Waals surface area contributed by atoms with Crippen molar-refractivity contribution in [2.45, 2.75) is 64.0 Å². The largest absolute Gasteiger partial charge is 0.508 e. The van der Waals surface area contributed by atoms with Crippen LogP contribution in [-0.2, 0) is 19.8 Å². The van der Waals surface area contributed by atoms with Crippen LogP contribution < -0.4 is 30.9 Å². The van der Waals surface area contributed by atoms with Crippen LogP contribution in [0.5, 0.6) is 11.5 Å². The molecule has 84 heavy (non-hydrogen) atoms. The Bertz CT molecular complexity index is 3730. The summed E-state index contributed by atoms with van der Waals surface area (Å²) in [6.45, 7) is 9.41. The van der Waals surface area contributed by atoms with Gasteiger partial charge in [-0.05, 0) is 88.3 Å². The van der Waals surface area contributed by atoms with Crippen molar-refractivity contribution >= 4 is 104 Å². The van der Waals surface area contributed by atoms with E-state index in [9.17, 15) is 24.3 Å². The number of nitrogens with one attached hydrogen (secondary N) is 4. The van der Waals surface area contributed by atoms with E-state index in [0.29, 0.717) is 60.1 Å². The number of halogens is 6. The van der Waals surface area contributed by atoms with Crippen molar-refractivity contribution in [3.05, 3.63) is 146 Å². The molecule has 0 radical (unpaired) electrons. The highest BCUT2D eigenvalue weighted by Crippen LogP contribution is 2.53. The van der Waals surface area contributed by atoms with E-state index < -0.39 is 52.7 Å². The number of carbonyl (C=O) groups is 4. The molecule has 22 heteroatoms. The molecule has 4 amide bonds. The quantitative estimate of drug-likeness (QED) is 0.0545. The number of aliphatic imine (C=N–C) groups is 1. The minimum Gasteiger partial charge on any atom is -0.508 e. The Morgan fingerprint density at radius 1 is 0.893 bits per heavy atom. The van der Waals surface area contributed by atoms with E-state index in [0.717, 1.165) is 0 Å². The number of hydrogen-bond acceptors (Lipinski definition) is 12. The van der Waals surface area contributed by atoms with Gasteiger partial charge in [-0.25, -0.2) is 18.2 Å². The van der Waals surface area contributed by atoms with Crippen LogP contribution >= 0.6 is 34.8 Å². The maximum Gasteiger partial charge on any atom is 0.251 e. The van der Waals surface area contributed by atoms with Gasteiger partial charge in [-0.15, -0.1) is 0 Å². The van der Waals surface area contributed by atoms with E-state index in [1.54, 1.807) is 48.5 Å². The number of anilines is 3. The van der Waals surface area contributed by atoms with Crippen LogP contribution in [-0.4, -0.2) is 134 Å². The van der Waals surface area contributed by atoms with Gasteiger partial charge in [0.1, 0.15) is 34.5 Å². The van der Waals surface area contributed by atoms with Crippen molar-refractivity contribution in [2.24, 2.45) is 10.4 Å². The molecule has 0 saturated carbocycles. The Morgan fingerprint density at radius 3 is 2.35 bits per heavy atom. The lowest BCUT2D eigenvalue weighted by atomic mass is 9.62. The lowest BCUT2D eigenvalue weighted by Gasteiger charge is -2.40. The molecular weight excluding hydrogens is 1140 g/mol. The number of benzene rings is 6. The second-order valence-electron chi connectivity index (χ2n) is 22.2. The van der Waals surface area contributed by atoms with E-state index in [1.165, 1.54) is 74.5 Å². The van der Waals surface area contributed by atoms with Gasteiger partial charge in [0.2, 0.25) is 23.7 Å². The molecule has 9 rings (SSSR count). The highest BCUT2D eigenvalue weighted by molar-refractivity contribution is 6.35. The van der Waals surface area contributed by atoms with Gasteiger partial charge in [0.05, 0.1) is 34.3 Å². The monoisotopic (exact) mass is 1210 g/mol. The Hall–Kier alpha value is -7.71. The van der Waals surface area contributed by atoms with Crippen molar-refractivity contribution in [1.29, 1.82) is 0 Å². The lowest BCUT2D eigenvalue weighted by molar-refractivity contribution is -0.130. The van der Waals surface area contributed by atoms with Gasteiger partial charge in [-0.2, -0.15) is 4.98 Å². The van der Waals surface area contributed by atoms with Crippen LogP contribution in [0, 0.1) is 22.9 Å². The standard InChI is InChI=1S/C62H64Cl3F3N10O6/c1-34(79)77-23-25-78(26-24-77)57-42-31-45(65)51(41-30-38(80)27-35-11-8-9-12-39(35)41)54(68)55(42)74-60(75-57)71-20-19-50(81)76(6)22-21-70-58(82)36-15-18-47(48(28-36)84-7)72-59(83)56-52(40-13-10-14-44(64)53(40)67)62(33-69-5,49(73-56)32-61(2,3)4)43-17-16-37(63)29-46(43)66/h8-18,27-31,33,49,52,56,73,80H,19-26,32H2,1-7H3,(H,70,82)(H,72,83)(H,71,74,75)/t49-,52-,56+,62-/m0/s1. The molecule has 3 heterocycles. The van der Waals surface area contributed by atoms with Gasteiger partial charge in [0, 0.05) is 119 Å². The fourth-order valence-corrected chi connectivity index (χ4v) is 12.2. The molecule has 5 N–H and O–H groups in total. The van der Waals surface area contributed by atoms with Crippen LogP contribution in [0.4, 0.5) is 30.6 Å². The van der Waals surface area contributed by atoms with Crippen LogP contribution in [0.2, 0.25) is 15.1 Å². The molecule has 0 bridgehead atoms. The first kappa shape index (κ1) is 60.9. The van der Waals surface area contributed by atoms with Crippen LogP contribution in [0.3, 0.4) is 0 Å². The Balaban J connectivity index is 0.878. The molecule has 0 unspecified atom stereocenters. The third-order valence-corrected chi connectivity index (χ3v) is 16.3. The number of fused-ring (bicyclic) bond motifs is 2. The summed E-state index contributed by atoms with van der Waals surface area (Å²) in [4.78, 5) is 73.0. The number of carbonyl (C=O) groups excluding carboxylic acids is 4. The third-order valence-electron chi connectivity index (χ3n) is 15.5. The zero-order chi connectivity index (χ0) is 60.4. The predicted octanol–water partition coefficient (Wildman–Crippen LogP) is 11.0. The maximum absolute atomic E-state index is 17.1. The highest BCUT2D eigenvalue weighted by atomic mass is 35.5. The van der Waals surface area contributed by atoms with Crippen molar-refractivity contribution in [3.8, 4) is 22.6 Å². The summed E-state index contributed by atoms with van der Waals surface area (Å²) >= 11 is 19.6. The van der Waals surface area contributed by atoms with Crippen LogP contribution in [0.15, 0.2) is 102 Å². The molecule has 16 nitrogen and oxygen atoms in total. The van der Waals surface area contributed by atoms with E-state index >= 15 is 13.2 Å². The number of nitrogens with zero attached hydrogens (tertiary/aromatic N) is 6. The zero-order valence-corrected chi connectivity index (χ0v) is 49.6. The molecule has 2 saturated heterocycles. The number of ether oxygens (including phenoxy) is 1. The van der Waals surface area contributed by atoms with E-state index in [-0.39, 0.29) is 109 Å². The molecule has 1 aromatic heterocycles. The molecule has 6 aromatic carbocycles. The molecular formula is C62H64Cl3F3N10O6. The first-order valence-electron chi connectivity index (χ1n) is 27.3. The Morgan fingerprint density at radius 2 is 1.64 bits per heavy atom. The number of aromatic hydroxyl groups is 1. The number of amides is 4. The number of aromatic nitrogens is 2. The second kappa shape index (κ2) is 25.2. The number of phenols is 1. The van der Waals surface area contributed by atoms with Crippen molar-refractivity contribution in [2.75, 3.05) is 82.6 Å². The number of hydrogen-bond donors (Lipinski definition) is 5. The van der Waals surface area contributed by atoms with Crippen molar-refractivity contribution in [1.82, 2.24) is 30.4 Å². The molecule has 4 atom stereocenters. The van der Waals surface area contributed by atoms with Crippen molar-refractivity contribution in [3.63, 3.8) is 0 Å². The molecule has 440 valence electrons. The van der Waals surface area contributed by atoms with Gasteiger partial charge in [0.25, 0.3) is 5.91 Å². The molecule has 0 aliphatic carbocycles. The SMILES string of the molecule is CN=C[C@]1(c2ccc(Cl)cc2F)[C@H](CC(C)(C)C)N[C@@H](C(=O)Nc2ccc(C(=O)NCCN(C)C(=O)CCNc3nc(N4CCN(C(C)=O)CC4)c4cc(Cl)c(-c5cc(O)cc6ccccc56)c(F)c4n3)cc2OC)[C@@H]1c1cccc(Cl)c1F. The molecule has 2 aliphatic heterocycles. The van der Waals surface area contributed by atoms with Gasteiger partial charge >= 0.3 is 0 Å². The summed E-state index contributed by atoms with van der Waals surface area (Å²) in [5.41, 5.74) is -0.857. The minimum atomic E-state index is -1.45. The highest BCUT2D eigenvalue weighted by Gasteiger charge is 2.60. The fraction of sp³-hybridized carbons (Fsp3) is 0.339. The number of phenolic OH excluding ortho intramolecular Hbond substituents is 1. The Kier molecular flexibility index (Phi) is 18.3. The number of piperazine rings is 1. The summed E-state index contributed by atoms with van der Waals surface area (Å²) in [6.07, 6.45) is 1.94. The first-order valence-corrected chi connectivity index (χ1v) is 28.4. The second-order valence-corrected chi connectivity index (χ2v) is 23.5. The van der Waals surface area contributed by atoms with E-state index in [1.807, 2.05) is 43.9 Å². The van der Waals surface area contributed by atoms with E-state index in [4.69, 9.17) is 44.5 Å². The number of rotatable bonds is 17. The van der Waals surface area contributed by atoms with Gasteiger partial charge < -0.3 is 45.8 Å². The van der Waals surface area contributed by atoms with Crippen LogP contribution in [0.25, 0.3) is 32.8 Å². The van der Waals surface area contributed by atoms with Crippen LogP contribution in [0.1, 0.15) is 67.9 Å². The minimum absolute atomic E-state index is 0.0277. The van der Waals surface area contributed by atoms with Gasteiger partial charge in [0.15, 0.2) is 5.82 Å². The predicted molar refractivity (Wildman–Crippen MR) is 325 cm³/mol. The summed E-state index contributed by atoms with van der Waals surface area (Å²) in [7, 11) is 4.50. The molecule has 0 spiro atoms. The van der Waals surface area contributed by atoms with E-state index in [2.05, 4.69) is 31.2 Å². The molecule has 2 fully saturated rings. The average molecular weight is 1210 g/mol. The third kappa shape index (κ3) is 12.6. The van der Waals surface area contributed by atoms with Crippen molar-refractivity contribution < 1.29 is 42.2 Å². The Labute approximate surface area is 499 Å². The van der Waals surface area contributed by atoms with Gasteiger partial charge in [-0.3, -0.25) is 24.2 Å². The summed E-state index contributed by atoms with van der Waals surface area (Å²) in [5, 5.41) is 24.7. The summed E-state index contributed by atoms with van der Waals surface area (Å²) in [5.74, 6) is -4.23. The smallest absolute Gasteiger partial charge is 0.251 e. The topological polar surface area (TPSA) is 194 Å².